The molecule has 0 aliphatic carbocycles. The number of carbonyl (C=O) groups is 1. The SMILES string of the molecule is CNC(C)(C)C(=O)Nc1nc(C)cc(C)n1. The van der Waals surface area contributed by atoms with E-state index < -0.39 is 5.54 Å². The summed E-state index contributed by atoms with van der Waals surface area (Å²) in [5.41, 5.74) is 1.04. The minimum absolute atomic E-state index is 0.153. The number of aromatic nitrogens is 2. The van der Waals surface area contributed by atoms with Gasteiger partial charge in [-0.05, 0) is 40.8 Å². The van der Waals surface area contributed by atoms with Gasteiger partial charge in [0.25, 0.3) is 0 Å². The number of anilines is 1. The number of nitrogens with zero attached hydrogens (tertiary/aromatic N) is 2. The fourth-order valence-electron chi connectivity index (χ4n) is 1.15. The smallest absolute Gasteiger partial charge is 0.246 e. The van der Waals surface area contributed by atoms with E-state index in [1.807, 2.05) is 19.9 Å². The van der Waals surface area contributed by atoms with Crippen molar-refractivity contribution in [2.75, 3.05) is 12.4 Å². The van der Waals surface area contributed by atoms with E-state index in [0.29, 0.717) is 5.95 Å². The quantitative estimate of drug-likeness (QED) is 0.801. The normalized spacial score (nSPS) is 11.3. The van der Waals surface area contributed by atoms with Crippen LogP contribution in [-0.2, 0) is 4.79 Å². The van der Waals surface area contributed by atoms with Gasteiger partial charge in [0.15, 0.2) is 0 Å². The highest BCUT2D eigenvalue weighted by atomic mass is 16.2. The van der Waals surface area contributed by atoms with E-state index in [1.54, 1.807) is 20.9 Å². The molecule has 88 valence electrons. The van der Waals surface area contributed by atoms with Crippen molar-refractivity contribution in [3.63, 3.8) is 0 Å². The van der Waals surface area contributed by atoms with Crippen LogP contribution in [0.15, 0.2) is 6.07 Å². The van der Waals surface area contributed by atoms with Crippen LogP contribution in [0.25, 0.3) is 0 Å². The largest absolute Gasteiger partial charge is 0.307 e. The molecule has 0 bridgehead atoms. The Labute approximate surface area is 95.7 Å². The van der Waals surface area contributed by atoms with Gasteiger partial charge in [-0.15, -0.1) is 0 Å². The minimum Gasteiger partial charge on any atom is -0.307 e. The molecule has 0 aliphatic heterocycles. The molecule has 1 heterocycles. The van der Waals surface area contributed by atoms with Crippen LogP contribution < -0.4 is 10.6 Å². The van der Waals surface area contributed by atoms with E-state index in [4.69, 9.17) is 0 Å². The molecule has 0 spiro atoms. The number of nitrogens with one attached hydrogen (secondary N) is 2. The summed E-state index contributed by atoms with van der Waals surface area (Å²) in [7, 11) is 1.74. The molecule has 0 atom stereocenters. The van der Waals surface area contributed by atoms with Crippen LogP contribution in [0.1, 0.15) is 25.2 Å². The second-order valence-corrected chi connectivity index (χ2v) is 4.30. The molecule has 0 saturated heterocycles. The Morgan fingerprint density at radius 3 is 2.19 bits per heavy atom. The Morgan fingerprint density at radius 1 is 1.25 bits per heavy atom. The number of hydrogen-bond acceptors (Lipinski definition) is 4. The second-order valence-electron chi connectivity index (χ2n) is 4.30. The van der Waals surface area contributed by atoms with E-state index in [1.165, 1.54) is 0 Å². The highest BCUT2D eigenvalue weighted by molar-refractivity contribution is 5.96. The zero-order valence-corrected chi connectivity index (χ0v) is 10.4. The molecular weight excluding hydrogens is 204 g/mol. The average molecular weight is 222 g/mol. The van der Waals surface area contributed by atoms with E-state index in [0.717, 1.165) is 11.4 Å². The summed E-state index contributed by atoms with van der Waals surface area (Å²) in [4.78, 5) is 20.1. The molecule has 1 aromatic heterocycles. The summed E-state index contributed by atoms with van der Waals surface area (Å²) in [6, 6.07) is 1.86. The Balaban J connectivity index is 2.85. The van der Waals surface area contributed by atoms with Crippen LogP contribution in [0.2, 0.25) is 0 Å². The minimum atomic E-state index is -0.638. The number of aryl methyl sites for hydroxylation is 2. The lowest BCUT2D eigenvalue weighted by molar-refractivity contribution is -0.121. The van der Waals surface area contributed by atoms with Crippen molar-refractivity contribution in [3.05, 3.63) is 17.5 Å². The molecular formula is C11H18N4O. The fourth-order valence-corrected chi connectivity index (χ4v) is 1.15. The first kappa shape index (κ1) is 12.6. The number of likely N-dealkylation sites (N-methyl/N-ethyl adjacent to an activating group) is 1. The van der Waals surface area contributed by atoms with Crippen LogP contribution >= 0.6 is 0 Å². The van der Waals surface area contributed by atoms with Gasteiger partial charge in [0.05, 0.1) is 5.54 Å². The average Bonchev–Trinajstić information content (AvgIpc) is 2.15. The number of hydrogen-bond donors (Lipinski definition) is 2. The standard InChI is InChI=1S/C11H18N4O/c1-7-6-8(2)14-10(13-7)15-9(16)11(3,4)12-5/h6,12H,1-5H3,(H,13,14,15,16). The molecule has 5 heteroatoms. The third-order valence-corrected chi connectivity index (χ3v) is 2.40. The number of amides is 1. The van der Waals surface area contributed by atoms with Crippen molar-refractivity contribution in [2.45, 2.75) is 33.2 Å². The maximum atomic E-state index is 11.8. The fraction of sp³-hybridized carbons (Fsp3) is 0.545. The van der Waals surface area contributed by atoms with Gasteiger partial charge in [-0.3, -0.25) is 10.1 Å². The molecule has 0 fully saturated rings. The topological polar surface area (TPSA) is 66.9 Å². The zero-order chi connectivity index (χ0) is 12.3. The Bertz CT molecular complexity index is 381. The predicted molar refractivity (Wildman–Crippen MR) is 63.3 cm³/mol. The van der Waals surface area contributed by atoms with Crippen molar-refractivity contribution in [2.24, 2.45) is 0 Å². The first-order valence-electron chi connectivity index (χ1n) is 5.18. The summed E-state index contributed by atoms with van der Waals surface area (Å²) >= 11 is 0. The van der Waals surface area contributed by atoms with Crippen molar-refractivity contribution in [1.29, 1.82) is 0 Å². The van der Waals surface area contributed by atoms with Crippen molar-refractivity contribution in [1.82, 2.24) is 15.3 Å². The van der Waals surface area contributed by atoms with Gasteiger partial charge < -0.3 is 5.32 Å². The summed E-state index contributed by atoms with van der Waals surface area (Å²) in [5.74, 6) is 0.200. The molecule has 1 aromatic rings. The summed E-state index contributed by atoms with van der Waals surface area (Å²) in [6.45, 7) is 7.33. The molecule has 0 aliphatic rings. The molecule has 0 unspecified atom stereocenters. The van der Waals surface area contributed by atoms with Gasteiger partial charge in [0, 0.05) is 11.4 Å². The monoisotopic (exact) mass is 222 g/mol. The van der Waals surface area contributed by atoms with Crippen LogP contribution in [0.3, 0.4) is 0 Å². The molecule has 1 rings (SSSR count). The lowest BCUT2D eigenvalue weighted by Gasteiger charge is -2.22. The van der Waals surface area contributed by atoms with Gasteiger partial charge in [0.1, 0.15) is 0 Å². The Morgan fingerprint density at radius 2 is 1.75 bits per heavy atom. The van der Waals surface area contributed by atoms with E-state index in [2.05, 4.69) is 20.6 Å². The van der Waals surface area contributed by atoms with Crippen molar-refractivity contribution in [3.8, 4) is 0 Å². The summed E-state index contributed by atoms with van der Waals surface area (Å²) in [6.07, 6.45) is 0. The van der Waals surface area contributed by atoms with Crippen molar-refractivity contribution >= 4 is 11.9 Å². The molecule has 5 nitrogen and oxygen atoms in total. The number of rotatable bonds is 3. The molecule has 0 radical (unpaired) electrons. The van der Waals surface area contributed by atoms with Gasteiger partial charge in [0.2, 0.25) is 11.9 Å². The third-order valence-electron chi connectivity index (χ3n) is 2.40. The van der Waals surface area contributed by atoms with Crippen LogP contribution in [0.5, 0.6) is 0 Å². The lowest BCUT2D eigenvalue weighted by atomic mass is 10.1. The summed E-state index contributed by atoms with van der Waals surface area (Å²) in [5, 5.41) is 5.61. The maximum Gasteiger partial charge on any atom is 0.246 e. The van der Waals surface area contributed by atoms with E-state index >= 15 is 0 Å². The molecule has 16 heavy (non-hydrogen) atoms. The zero-order valence-electron chi connectivity index (χ0n) is 10.4. The first-order chi connectivity index (χ1) is 7.35. The third kappa shape index (κ3) is 3.00. The van der Waals surface area contributed by atoms with Crippen LogP contribution in [-0.4, -0.2) is 28.5 Å². The van der Waals surface area contributed by atoms with Gasteiger partial charge in [-0.25, -0.2) is 9.97 Å². The second kappa shape index (κ2) is 4.57. The Hall–Kier alpha value is -1.49. The molecule has 0 aromatic carbocycles. The van der Waals surface area contributed by atoms with E-state index in [-0.39, 0.29) is 5.91 Å². The van der Waals surface area contributed by atoms with Crippen molar-refractivity contribution < 1.29 is 4.79 Å². The Kier molecular flexibility index (Phi) is 3.59. The maximum absolute atomic E-state index is 11.8. The molecule has 1 amide bonds. The first-order valence-corrected chi connectivity index (χ1v) is 5.18. The van der Waals surface area contributed by atoms with Gasteiger partial charge in [-0.1, -0.05) is 0 Å². The summed E-state index contributed by atoms with van der Waals surface area (Å²) < 4.78 is 0. The molecule has 0 saturated carbocycles. The predicted octanol–water partition coefficient (Wildman–Crippen LogP) is 1.03. The van der Waals surface area contributed by atoms with Crippen LogP contribution in [0, 0.1) is 13.8 Å². The van der Waals surface area contributed by atoms with Gasteiger partial charge in [-0.2, -0.15) is 0 Å². The highest BCUT2D eigenvalue weighted by Crippen LogP contribution is 2.08. The number of carbonyl (C=O) groups excluding carboxylic acids is 1. The van der Waals surface area contributed by atoms with Gasteiger partial charge >= 0.3 is 0 Å². The van der Waals surface area contributed by atoms with Crippen LogP contribution in [0.4, 0.5) is 5.95 Å². The lowest BCUT2D eigenvalue weighted by Crippen LogP contribution is -2.48. The van der Waals surface area contributed by atoms with E-state index in [9.17, 15) is 4.79 Å². The highest BCUT2D eigenvalue weighted by Gasteiger charge is 2.25. The molecule has 2 N–H and O–H groups in total.